The molecule has 0 N–H and O–H groups in total. The number of fused-ring (bicyclic) bond motifs is 1. The number of ketones is 1. The Morgan fingerprint density at radius 3 is 2.52 bits per heavy atom. The minimum absolute atomic E-state index is 0.419. The van der Waals surface area contributed by atoms with Gasteiger partial charge in [-0.25, -0.2) is 4.57 Å². The molecule has 0 aliphatic carbocycles. The molecule has 1 aliphatic rings. The molecule has 2 aromatic rings. The quantitative estimate of drug-likeness (QED) is 0.494. The Kier molecular flexibility index (Phi) is 3.51. The molecule has 0 saturated heterocycles. The van der Waals surface area contributed by atoms with Gasteiger partial charge >= 0.3 is 0 Å². The van der Waals surface area contributed by atoms with Crippen LogP contribution in [0.3, 0.4) is 0 Å². The second kappa shape index (κ2) is 5.33. The van der Waals surface area contributed by atoms with Crippen LogP contribution in [0.4, 0.5) is 5.69 Å². The Balaban J connectivity index is 1.88. The maximum absolute atomic E-state index is 11.9. The summed E-state index contributed by atoms with van der Waals surface area (Å²) in [7, 11) is 1.63. The summed E-state index contributed by atoms with van der Waals surface area (Å²) >= 11 is 1.70. The third-order valence-corrected chi connectivity index (χ3v) is 4.37. The van der Waals surface area contributed by atoms with Crippen molar-refractivity contribution in [1.29, 1.82) is 0 Å². The third-order valence-electron chi connectivity index (χ3n) is 3.63. The standard InChI is InChI=1S/C16H15N2O2S/c1-17-14-4-3-11(9-13(14)15(19)16(17)20)10-18-7-5-12(21-2)6-8-18/h3-9H,10H2,1-2H3/q+1. The molecule has 3 rings (SSSR count). The first-order valence-electron chi connectivity index (χ1n) is 6.58. The first-order chi connectivity index (χ1) is 10.1. The van der Waals surface area contributed by atoms with Gasteiger partial charge in [0, 0.05) is 29.6 Å². The summed E-state index contributed by atoms with van der Waals surface area (Å²) < 4.78 is 2.05. The molecule has 0 saturated carbocycles. The molecule has 2 heterocycles. The van der Waals surface area contributed by atoms with Crippen molar-refractivity contribution in [2.24, 2.45) is 0 Å². The van der Waals surface area contributed by atoms with Gasteiger partial charge in [0.1, 0.15) is 0 Å². The van der Waals surface area contributed by atoms with Crippen LogP contribution < -0.4 is 9.47 Å². The highest BCUT2D eigenvalue weighted by molar-refractivity contribution is 7.98. The number of carbonyl (C=O) groups is 2. The second-order valence-corrected chi connectivity index (χ2v) is 5.83. The number of thioether (sulfide) groups is 1. The average Bonchev–Trinajstić information content (AvgIpc) is 2.73. The lowest BCUT2D eigenvalue weighted by molar-refractivity contribution is -0.688. The summed E-state index contributed by atoms with van der Waals surface area (Å²) in [6, 6.07) is 9.72. The van der Waals surface area contributed by atoms with Gasteiger partial charge < -0.3 is 4.90 Å². The van der Waals surface area contributed by atoms with Crippen molar-refractivity contribution in [3.05, 3.63) is 53.9 Å². The summed E-state index contributed by atoms with van der Waals surface area (Å²) in [5.41, 5.74) is 2.20. The van der Waals surface area contributed by atoms with Crippen molar-refractivity contribution in [3.63, 3.8) is 0 Å². The number of nitrogens with zero attached hydrogens (tertiary/aromatic N) is 2. The summed E-state index contributed by atoms with van der Waals surface area (Å²) in [4.78, 5) is 26.2. The summed E-state index contributed by atoms with van der Waals surface area (Å²) in [5.74, 6) is -0.879. The minimum atomic E-state index is -0.459. The Bertz CT molecular complexity index is 726. The van der Waals surface area contributed by atoms with Crippen LogP contribution in [0.15, 0.2) is 47.6 Å². The number of hydrogen-bond acceptors (Lipinski definition) is 3. The van der Waals surface area contributed by atoms with E-state index in [0.29, 0.717) is 17.8 Å². The van der Waals surface area contributed by atoms with Crippen molar-refractivity contribution in [3.8, 4) is 0 Å². The highest BCUT2D eigenvalue weighted by Crippen LogP contribution is 2.28. The smallest absolute Gasteiger partial charge is 0.299 e. The molecule has 1 aromatic carbocycles. The molecule has 4 nitrogen and oxygen atoms in total. The van der Waals surface area contributed by atoms with Crippen LogP contribution in [0.1, 0.15) is 15.9 Å². The van der Waals surface area contributed by atoms with Gasteiger partial charge in [-0.1, -0.05) is 6.07 Å². The fourth-order valence-electron chi connectivity index (χ4n) is 2.43. The molecule has 0 spiro atoms. The van der Waals surface area contributed by atoms with E-state index in [4.69, 9.17) is 0 Å². The van der Waals surface area contributed by atoms with E-state index in [1.807, 2.05) is 41.4 Å². The van der Waals surface area contributed by atoms with Gasteiger partial charge in [0.25, 0.3) is 11.7 Å². The monoisotopic (exact) mass is 299 g/mol. The van der Waals surface area contributed by atoms with Crippen molar-refractivity contribution >= 4 is 29.1 Å². The maximum atomic E-state index is 11.9. The molecule has 0 fully saturated rings. The number of Topliss-reactive ketones (excluding diaryl/α,β-unsaturated/α-hetero) is 1. The minimum Gasteiger partial charge on any atom is -0.308 e. The lowest BCUT2D eigenvalue weighted by Gasteiger charge is -2.08. The molecule has 0 radical (unpaired) electrons. The number of aromatic nitrogens is 1. The number of carbonyl (C=O) groups excluding carboxylic acids is 2. The Labute approximate surface area is 127 Å². The summed E-state index contributed by atoms with van der Waals surface area (Å²) in [6.45, 7) is 0.674. The lowest BCUT2D eigenvalue weighted by atomic mass is 10.1. The van der Waals surface area contributed by atoms with Gasteiger partial charge in [-0.2, -0.15) is 0 Å². The molecule has 106 valence electrons. The van der Waals surface area contributed by atoms with E-state index in [-0.39, 0.29) is 0 Å². The van der Waals surface area contributed by atoms with Crippen molar-refractivity contribution in [1.82, 2.24) is 0 Å². The molecule has 21 heavy (non-hydrogen) atoms. The van der Waals surface area contributed by atoms with Gasteiger partial charge in [0.2, 0.25) is 0 Å². The van der Waals surface area contributed by atoms with E-state index in [1.54, 1.807) is 18.8 Å². The lowest BCUT2D eigenvalue weighted by Crippen LogP contribution is -2.33. The zero-order chi connectivity index (χ0) is 15.0. The zero-order valence-electron chi connectivity index (χ0n) is 11.9. The SMILES string of the molecule is CSc1cc[n+](Cc2ccc3c(c2)C(=O)C(=O)N3C)cc1. The second-order valence-electron chi connectivity index (χ2n) is 4.96. The summed E-state index contributed by atoms with van der Waals surface area (Å²) in [5, 5.41) is 0. The number of pyridine rings is 1. The number of anilines is 1. The van der Waals surface area contributed by atoms with E-state index >= 15 is 0 Å². The summed E-state index contributed by atoms with van der Waals surface area (Å²) in [6.07, 6.45) is 6.07. The van der Waals surface area contributed by atoms with Gasteiger partial charge in [-0.15, -0.1) is 11.8 Å². The van der Waals surface area contributed by atoms with Crippen LogP contribution in [-0.2, 0) is 11.3 Å². The van der Waals surface area contributed by atoms with Crippen molar-refractivity contribution in [2.45, 2.75) is 11.4 Å². The number of amides is 1. The van der Waals surface area contributed by atoms with Crippen LogP contribution >= 0.6 is 11.8 Å². The predicted molar refractivity (Wildman–Crippen MR) is 81.7 cm³/mol. The molecular weight excluding hydrogens is 284 g/mol. The zero-order valence-corrected chi connectivity index (χ0v) is 12.7. The number of hydrogen-bond donors (Lipinski definition) is 0. The molecule has 0 atom stereocenters. The molecule has 5 heteroatoms. The van der Waals surface area contributed by atoms with Gasteiger partial charge in [0.15, 0.2) is 18.9 Å². The molecule has 1 amide bonds. The normalized spacial score (nSPS) is 13.7. The van der Waals surface area contributed by atoms with Crippen LogP contribution in [0.25, 0.3) is 0 Å². The topological polar surface area (TPSA) is 41.3 Å². The largest absolute Gasteiger partial charge is 0.308 e. The highest BCUT2D eigenvalue weighted by Gasteiger charge is 2.33. The van der Waals surface area contributed by atoms with Crippen LogP contribution in [0.5, 0.6) is 0 Å². The van der Waals surface area contributed by atoms with Crippen LogP contribution in [-0.4, -0.2) is 25.0 Å². The molecule has 1 aromatic heterocycles. The maximum Gasteiger partial charge on any atom is 0.299 e. The average molecular weight is 299 g/mol. The number of rotatable bonds is 3. The van der Waals surface area contributed by atoms with Crippen LogP contribution in [0, 0.1) is 0 Å². The first-order valence-corrected chi connectivity index (χ1v) is 7.81. The van der Waals surface area contributed by atoms with Gasteiger partial charge in [0.05, 0.1) is 11.3 Å². The van der Waals surface area contributed by atoms with E-state index in [2.05, 4.69) is 12.1 Å². The number of likely N-dealkylation sites (N-methyl/N-ethyl adjacent to an activating group) is 1. The van der Waals surface area contributed by atoms with E-state index in [9.17, 15) is 9.59 Å². The third kappa shape index (κ3) is 2.45. The molecule has 1 aliphatic heterocycles. The Morgan fingerprint density at radius 1 is 1.14 bits per heavy atom. The number of benzene rings is 1. The molecular formula is C16H15N2O2S+. The predicted octanol–water partition coefficient (Wildman–Crippen LogP) is 1.90. The van der Waals surface area contributed by atoms with E-state index < -0.39 is 11.7 Å². The van der Waals surface area contributed by atoms with Gasteiger partial charge in [-0.3, -0.25) is 9.59 Å². The van der Waals surface area contributed by atoms with Crippen LogP contribution in [0.2, 0.25) is 0 Å². The fourth-order valence-corrected chi connectivity index (χ4v) is 2.82. The molecule has 0 bridgehead atoms. The Morgan fingerprint density at radius 2 is 1.86 bits per heavy atom. The Hall–Kier alpha value is -2.14. The van der Waals surface area contributed by atoms with Crippen molar-refractivity contribution < 1.29 is 14.2 Å². The highest BCUT2D eigenvalue weighted by atomic mass is 32.2. The van der Waals surface area contributed by atoms with E-state index in [0.717, 1.165) is 5.56 Å². The fraction of sp³-hybridized carbons (Fsp3) is 0.188. The first kappa shape index (κ1) is 13.8. The van der Waals surface area contributed by atoms with E-state index in [1.165, 1.54) is 9.80 Å². The van der Waals surface area contributed by atoms with Crippen molar-refractivity contribution in [2.75, 3.05) is 18.2 Å². The van der Waals surface area contributed by atoms with Gasteiger partial charge in [-0.05, 0) is 18.4 Å². The molecule has 0 unspecified atom stereocenters.